The van der Waals surface area contributed by atoms with Crippen LogP contribution >= 0.6 is 11.3 Å². The van der Waals surface area contributed by atoms with E-state index in [1.54, 1.807) is 35.7 Å². The van der Waals surface area contributed by atoms with E-state index in [1.165, 1.54) is 11.3 Å². The summed E-state index contributed by atoms with van der Waals surface area (Å²) in [4.78, 5) is 21.2. The number of thiazole rings is 1. The third-order valence-electron chi connectivity index (χ3n) is 3.56. The number of nitrogens with one attached hydrogen (secondary N) is 1. The van der Waals surface area contributed by atoms with Crippen LogP contribution in [-0.4, -0.2) is 25.7 Å². The van der Waals surface area contributed by atoms with E-state index >= 15 is 0 Å². The first-order valence-corrected chi connectivity index (χ1v) is 8.18. The number of anilines is 1. The maximum absolute atomic E-state index is 12.3. The Morgan fingerprint density at radius 2 is 2.12 bits per heavy atom. The number of aryl methyl sites for hydroxylation is 1. The molecule has 118 valence electrons. The van der Waals surface area contributed by atoms with Gasteiger partial charge in [-0.3, -0.25) is 14.5 Å². The highest BCUT2D eigenvalue weighted by molar-refractivity contribution is 7.13. The first-order valence-electron chi connectivity index (χ1n) is 7.30. The van der Waals surface area contributed by atoms with Crippen LogP contribution in [0.3, 0.4) is 0 Å². The summed E-state index contributed by atoms with van der Waals surface area (Å²) in [6, 6.07) is 9.86. The van der Waals surface area contributed by atoms with E-state index in [1.807, 2.05) is 30.3 Å². The van der Waals surface area contributed by atoms with Gasteiger partial charge in [0.1, 0.15) is 10.7 Å². The van der Waals surface area contributed by atoms with Crippen LogP contribution in [0.5, 0.6) is 0 Å². The number of pyridine rings is 1. The quantitative estimate of drug-likeness (QED) is 0.623. The van der Waals surface area contributed by atoms with Crippen molar-refractivity contribution in [2.45, 2.75) is 0 Å². The Morgan fingerprint density at radius 3 is 2.96 bits per heavy atom. The van der Waals surface area contributed by atoms with Crippen molar-refractivity contribution in [1.82, 2.24) is 19.7 Å². The van der Waals surface area contributed by atoms with E-state index in [0.29, 0.717) is 11.4 Å². The molecule has 3 heterocycles. The molecule has 3 aromatic heterocycles. The molecule has 0 fully saturated rings. The number of carbonyl (C=O) groups is 1. The van der Waals surface area contributed by atoms with Gasteiger partial charge in [-0.15, -0.1) is 11.3 Å². The molecule has 1 amide bonds. The van der Waals surface area contributed by atoms with Crippen LogP contribution in [0.15, 0.2) is 54.3 Å². The second-order valence-corrected chi connectivity index (χ2v) is 6.13. The minimum Gasteiger partial charge on any atom is -0.318 e. The Hall–Kier alpha value is -3.06. The van der Waals surface area contributed by atoms with Gasteiger partial charge in [0.05, 0.1) is 17.4 Å². The van der Waals surface area contributed by atoms with E-state index in [2.05, 4.69) is 20.4 Å². The number of fused-ring (bicyclic) bond motifs is 1. The topological polar surface area (TPSA) is 72.7 Å². The number of aromatic nitrogens is 4. The van der Waals surface area contributed by atoms with Gasteiger partial charge in [0.2, 0.25) is 0 Å². The highest BCUT2D eigenvalue weighted by atomic mass is 32.1. The maximum Gasteiger partial charge on any atom is 0.275 e. The Labute approximate surface area is 141 Å². The Morgan fingerprint density at radius 1 is 1.25 bits per heavy atom. The monoisotopic (exact) mass is 335 g/mol. The summed E-state index contributed by atoms with van der Waals surface area (Å²) in [6.07, 6.45) is 5.09. The van der Waals surface area contributed by atoms with Crippen LogP contribution in [0.2, 0.25) is 0 Å². The Bertz CT molecular complexity index is 1030. The second kappa shape index (κ2) is 5.86. The SMILES string of the molecule is Cn1cc(NC(=O)c2csc(-c3cccc4cccnc34)n2)cn1. The minimum absolute atomic E-state index is 0.251. The predicted molar refractivity (Wildman–Crippen MR) is 94.0 cm³/mol. The van der Waals surface area contributed by atoms with E-state index < -0.39 is 0 Å². The van der Waals surface area contributed by atoms with Gasteiger partial charge in [-0.1, -0.05) is 18.2 Å². The Balaban J connectivity index is 1.65. The molecule has 0 saturated heterocycles. The van der Waals surface area contributed by atoms with Crippen molar-refractivity contribution in [3.8, 4) is 10.6 Å². The number of amides is 1. The molecule has 4 rings (SSSR count). The standard InChI is InChI=1S/C17H13N5OS/c1-22-9-12(8-19-22)20-16(23)14-10-24-17(21-14)13-6-2-4-11-5-3-7-18-15(11)13/h2-10H,1H3,(H,20,23). The summed E-state index contributed by atoms with van der Waals surface area (Å²) in [6.45, 7) is 0. The highest BCUT2D eigenvalue weighted by Gasteiger charge is 2.14. The summed E-state index contributed by atoms with van der Waals surface area (Å²) in [5.41, 5.74) is 2.84. The summed E-state index contributed by atoms with van der Waals surface area (Å²) in [5, 5.41) is 10.4. The van der Waals surface area contributed by atoms with Crippen molar-refractivity contribution in [3.05, 3.63) is 60.0 Å². The van der Waals surface area contributed by atoms with Gasteiger partial charge in [0, 0.05) is 35.8 Å². The van der Waals surface area contributed by atoms with E-state index in [0.717, 1.165) is 21.5 Å². The van der Waals surface area contributed by atoms with Crippen molar-refractivity contribution < 1.29 is 4.79 Å². The normalized spacial score (nSPS) is 10.9. The van der Waals surface area contributed by atoms with Crippen LogP contribution in [0, 0.1) is 0 Å². The third kappa shape index (κ3) is 2.65. The molecule has 0 atom stereocenters. The number of hydrogen-bond donors (Lipinski definition) is 1. The lowest BCUT2D eigenvalue weighted by Gasteiger charge is -2.02. The zero-order valence-electron chi connectivity index (χ0n) is 12.8. The van der Waals surface area contributed by atoms with Gasteiger partial charge >= 0.3 is 0 Å². The number of para-hydroxylation sites is 1. The molecule has 6 nitrogen and oxygen atoms in total. The van der Waals surface area contributed by atoms with Crippen molar-refractivity contribution in [2.24, 2.45) is 7.05 Å². The minimum atomic E-state index is -0.251. The summed E-state index contributed by atoms with van der Waals surface area (Å²) < 4.78 is 1.63. The van der Waals surface area contributed by atoms with Gasteiger partial charge in [0.25, 0.3) is 5.91 Å². The molecule has 0 bridgehead atoms. The summed E-state index contributed by atoms with van der Waals surface area (Å²) in [7, 11) is 1.80. The molecule has 0 aliphatic carbocycles. The zero-order chi connectivity index (χ0) is 16.5. The molecule has 0 unspecified atom stereocenters. The third-order valence-corrected chi connectivity index (χ3v) is 4.44. The molecule has 24 heavy (non-hydrogen) atoms. The van der Waals surface area contributed by atoms with Gasteiger partial charge < -0.3 is 5.32 Å². The summed E-state index contributed by atoms with van der Waals surface area (Å²) in [5.74, 6) is -0.251. The largest absolute Gasteiger partial charge is 0.318 e. The maximum atomic E-state index is 12.3. The molecular weight excluding hydrogens is 322 g/mol. The molecule has 0 spiro atoms. The lowest BCUT2D eigenvalue weighted by molar-refractivity contribution is 0.102. The molecule has 0 radical (unpaired) electrons. The van der Waals surface area contributed by atoms with E-state index in [9.17, 15) is 4.79 Å². The van der Waals surface area contributed by atoms with Crippen LogP contribution in [0.4, 0.5) is 5.69 Å². The first kappa shape index (κ1) is 14.5. The number of rotatable bonds is 3. The molecule has 4 aromatic rings. The number of benzene rings is 1. The lowest BCUT2D eigenvalue weighted by atomic mass is 10.1. The average Bonchev–Trinajstić information content (AvgIpc) is 3.23. The molecular formula is C17H13N5OS. The summed E-state index contributed by atoms with van der Waals surface area (Å²) >= 11 is 1.43. The fourth-order valence-corrected chi connectivity index (χ4v) is 3.29. The van der Waals surface area contributed by atoms with Crippen molar-refractivity contribution in [3.63, 3.8) is 0 Å². The molecule has 0 saturated carbocycles. The molecule has 7 heteroatoms. The van der Waals surface area contributed by atoms with E-state index in [-0.39, 0.29) is 5.91 Å². The fourth-order valence-electron chi connectivity index (χ4n) is 2.46. The van der Waals surface area contributed by atoms with Crippen LogP contribution < -0.4 is 5.32 Å². The Kier molecular flexibility index (Phi) is 3.55. The molecule has 0 aliphatic rings. The second-order valence-electron chi connectivity index (χ2n) is 5.28. The van der Waals surface area contributed by atoms with Gasteiger partial charge in [0.15, 0.2) is 0 Å². The number of nitrogens with zero attached hydrogens (tertiary/aromatic N) is 4. The van der Waals surface area contributed by atoms with Gasteiger partial charge in [-0.25, -0.2) is 4.98 Å². The van der Waals surface area contributed by atoms with Crippen LogP contribution in [0.25, 0.3) is 21.5 Å². The molecule has 1 aromatic carbocycles. The van der Waals surface area contributed by atoms with Crippen molar-refractivity contribution >= 4 is 33.8 Å². The number of carbonyl (C=O) groups excluding carboxylic acids is 1. The predicted octanol–water partition coefficient (Wildman–Crippen LogP) is 3.34. The number of hydrogen-bond acceptors (Lipinski definition) is 5. The zero-order valence-corrected chi connectivity index (χ0v) is 13.6. The van der Waals surface area contributed by atoms with Gasteiger partial charge in [-0.2, -0.15) is 5.10 Å². The lowest BCUT2D eigenvalue weighted by Crippen LogP contribution is -2.11. The fraction of sp³-hybridized carbons (Fsp3) is 0.0588. The van der Waals surface area contributed by atoms with Crippen molar-refractivity contribution in [2.75, 3.05) is 5.32 Å². The first-order chi connectivity index (χ1) is 11.7. The van der Waals surface area contributed by atoms with Crippen LogP contribution in [-0.2, 0) is 7.05 Å². The smallest absolute Gasteiger partial charge is 0.275 e. The van der Waals surface area contributed by atoms with E-state index in [4.69, 9.17) is 0 Å². The molecule has 1 N–H and O–H groups in total. The molecule has 0 aliphatic heterocycles. The van der Waals surface area contributed by atoms with Gasteiger partial charge in [-0.05, 0) is 12.1 Å². The highest BCUT2D eigenvalue weighted by Crippen LogP contribution is 2.29. The van der Waals surface area contributed by atoms with Crippen molar-refractivity contribution in [1.29, 1.82) is 0 Å². The average molecular weight is 335 g/mol. The van der Waals surface area contributed by atoms with Crippen LogP contribution in [0.1, 0.15) is 10.5 Å².